The Balaban J connectivity index is 1.35. The number of hydrogen-bond acceptors (Lipinski definition) is 7. The summed E-state index contributed by atoms with van der Waals surface area (Å²) >= 11 is 0. The van der Waals surface area contributed by atoms with Gasteiger partial charge in [0.1, 0.15) is 34.9 Å². The van der Waals surface area contributed by atoms with Gasteiger partial charge in [-0.05, 0) is 36.4 Å². The van der Waals surface area contributed by atoms with Crippen LogP contribution in [0.1, 0.15) is 15.9 Å². The van der Waals surface area contributed by atoms with Crippen LogP contribution in [0, 0.1) is 0 Å². The molecule has 6 aromatic rings. The molecule has 0 aliphatic rings. The first-order chi connectivity index (χ1) is 18.7. The van der Waals surface area contributed by atoms with Gasteiger partial charge in [-0.25, -0.2) is 24.1 Å². The van der Waals surface area contributed by atoms with Crippen molar-refractivity contribution in [3.8, 4) is 22.6 Å². The molecule has 3 N–H and O–H groups in total. The summed E-state index contributed by atoms with van der Waals surface area (Å²) in [5.41, 5.74) is 8.25. The van der Waals surface area contributed by atoms with Gasteiger partial charge in [0.05, 0.1) is 11.1 Å². The Morgan fingerprint density at radius 2 is 1.74 bits per heavy atom. The molecule has 0 fully saturated rings. The fraction of sp³-hybridized carbons (Fsp3) is 0.0385. The maximum absolute atomic E-state index is 13.0. The lowest BCUT2D eigenvalue weighted by Crippen LogP contribution is -2.14. The number of carbonyl (C=O) groups excluding carboxylic acids is 1. The second-order valence-corrected chi connectivity index (χ2v) is 8.49. The van der Waals surface area contributed by atoms with Gasteiger partial charge in [0.2, 0.25) is 0 Å². The van der Waals surface area contributed by atoms with Gasteiger partial charge in [0.25, 0.3) is 5.91 Å². The van der Waals surface area contributed by atoms with Gasteiger partial charge in [0, 0.05) is 41.5 Å². The fourth-order valence-corrected chi connectivity index (χ4v) is 4.18. The number of aromatic nitrogens is 5. The molecule has 5 heterocycles. The third-order valence-electron chi connectivity index (χ3n) is 6.05. The van der Waals surface area contributed by atoms with E-state index in [4.69, 9.17) is 15.1 Å². The Hall–Kier alpha value is -5.46. The quantitative estimate of drug-likeness (QED) is 0.342. The number of rotatable bonds is 4. The highest BCUT2D eigenvalue weighted by Crippen LogP contribution is 2.33. The number of nitrogen functional groups attached to an aromatic ring is 1. The van der Waals surface area contributed by atoms with Gasteiger partial charge >= 0.3 is 11.9 Å². The number of fused-ring (bicyclic) bond motifs is 2. The minimum Gasteiger partial charge on any atom is -0.415 e. The first-order valence-electron chi connectivity index (χ1n) is 11.4. The number of oxazole rings is 1. The molecule has 13 heteroatoms. The number of anilines is 2. The summed E-state index contributed by atoms with van der Waals surface area (Å²) in [6, 6.07) is 11.4. The number of benzene rings is 1. The second kappa shape index (κ2) is 8.83. The number of pyridine rings is 2. The van der Waals surface area contributed by atoms with Gasteiger partial charge in [-0.1, -0.05) is 12.1 Å². The predicted octanol–water partition coefficient (Wildman–Crippen LogP) is 4.52. The SMILES string of the molecule is Nc1nccn2c(-c3ccc4coc(=O)n4c3)nc(-c3ccc(C(=O)Nc4cc(C(F)(F)F)ccn4)cc3)c12. The molecule has 194 valence electrons. The van der Waals surface area contributed by atoms with E-state index in [-0.39, 0.29) is 17.2 Å². The number of imidazole rings is 1. The third-order valence-corrected chi connectivity index (χ3v) is 6.05. The molecular formula is C26H16F3N7O3. The van der Waals surface area contributed by atoms with Crippen LogP contribution in [-0.2, 0) is 6.18 Å². The van der Waals surface area contributed by atoms with Crippen molar-refractivity contribution in [2.75, 3.05) is 11.1 Å². The van der Waals surface area contributed by atoms with E-state index in [0.29, 0.717) is 33.7 Å². The number of nitrogens with two attached hydrogens (primary N) is 1. The highest BCUT2D eigenvalue weighted by molar-refractivity contribution is 6.04. The highest BCUT2D eigenvalue weighted by atomic mass is 19.4. The molecule has 1 aromatic carbocycles. The molecule has 0 unspecified atom stereocenters. The van der Waals surface area contributed by atoms with Crippen molar-refractivity contribution < 1.29 is 22.4 Å². The second-order valence-electron chi connectivity index (χ2n) is 8.49. The minimum atomic E-state index is -4.56. The van der Waals surface area contributed by atoms with E-state index in [1.54, 1.807) is 41.1 Å². The van der Waals surface area contributed by atoms with Crippen molar-refractivity contribution in [3.63, 3.8) is 0 Å². The standard InChI is InChI=1S/C26H16F3N7O3/c27-26(28,29)17-7-8-31-19(11-17)33-24(37)15-3-1-14(2-4-15)20-21-22(30)32-9-10-35(21)23(34-20)16-5-6-18-13-39-25(38)36(18)12-16/h1-13H,(H2,30,32)(H,31,33,37). The topological polar surface area (TPSA) is 133 Å². The number of carbonyl (C=O) groups is 1. The van der Waals surface area contributed by atoms with Crippen LogP contribution >= 0.6 is 0 Å². The first-order valence-corrected chi connectivity index (χ1v) is 11.4. The average Bonchev–Trinajstić information content (AvgIpc) is 3.50. The van der Waals surface area contributed by atoms with E-state index >= 15 is 0 Å². The predicted molar refractivity (Wildman–Crippen MR) is 135 cm³/mol. The van der Waals surface area contributed by atoms with E-state index in [1.165, 1.54) is 29.0 Å². The largest absolute Gasteiger partial charge is 0.423 e. The zero-order chi connectivity index (χ0) is 27.3. The van der Waals surface area contributed by atoms with Crippen LogP contribution in [0.2, 0.25) is 0 Å². The lowest BCUT2D eigenvalue weighted by Gasteiger charge is -2.09. The van der Waals surface area contributed by atoms with Crippen LogP contribution in [0.25, 0.3) is 33.7 Å². The van der Waals surface area contributed by atoms with Crippen molar-refractivity contribution >= 4 is 28.6 Å². The molecule has 39 heavy (non-hydrogen) atoms. The summed E-state index contributed by atoms with van der Waals surface area (Å²) in [7, 11) is 0. The Morgan fingerprint density at radius 1 is 0.974 bits per heavy atom. The van der Waals surface area contributed by atoms with Crippen LogP contribution in [0.15, 0.2) is 88.8 Å². The maximum Gasteiger partial charge on any atom is 0.423 e. The van der Waals surface area contributed by atoms with Crippen LogP contribution in [-0.4, -0.2) is 29.7 Å². The van der Waals surface area contributed by atoms with Crippen LogP contribution in [0.5, 0.6) is 0 Å². The molecule has 6 rings (SSSR count). The fourth-order valence-electron chi connectivity index (χ4n) is 4.18. The molecule has 0 bridgehead atoms. The molecule has 0 saturated heterocycles. The van der Waals surface area contributed by atoms with Gasteiger partial charge in [-0.3, -0.25) is 9.20 Å². The molecule has 0 aliphatic carbocycles. The monoisotopic (exact) mass is 531 g/mol. The molecule has 1 amide bonds. The summed E-state index contributed by atoms with van der Waals surface area (Å²) in [6.07, 6.45) is 2.57. The van der Waals surface area contributed by atoms with Gasteiger partial charge in [-0.15, -0.1) is 0 Å². The smallest absolute Gasteiger partial charge is 0.415 e. The number of amides is 1. The number of nitrogens with one attached hydrogen (secondary N) is 1. The summed E-state index contributed by atoms with van der Waals surface area (Å²) in [4.78, 5) is 37.4. The molecule has 0 spiro atoms. The van der Waals surface area contributed by atoms with Crippen LogP contribution in [0.3, 0.4) is 0 Å². The highest BCUT2D eigenvalue weighted by Gasteiger charge is 2.31. The van der Waals surface area contributed by atoms with E-state index < -0.39 is 23.4 Å². The maximum atomic E-state index is 13.0. The van der Waals surface area contributed by atoms with Crippen molar-refractivity contribution in [1.29, 1.82) is 0 Å². The number of alkyl halides is 3. The lowest BCUT2D eigenvalue weighted by molar-refractivity contribution is -0.137. The summed E-state index contributed by atoms with van der Waals surface area (Å²) in [5, 5.41) is 2.38. The molecule has 0 atom stereocenters. The molecule has 0 aliphatic heterocycles. The number of hydrogen-bond donors (Lipinski definition) is 2. The van der Waals surface area contributed by atoms with Crippen molar-refractivity contribution in [3.05, 3.63) is 101 Å². The summed E-state index contributed by atoms with van der Waals surface area (Å²) in [5.74, 6) is -0.699. The Kier molecular flexibility index (Phi) is 5.41. The molecule has 5 aromatic heterocycles. The lowest BCUT2D eigenvalue weighted by atomic mass is 10.1. The molecular weight excluding hydrogens is 515 g/mol. The number of nitrogens with zero attached hydrogens (tertiary/aromatic N) is 5. The summed E-state index contributed by atoms with van der Waals surface area (Å²) < 4.78 is 47.0. The third kappa shape index (κ3) is 4.25. The Morgan fingerprint density at radius 3 is 2.51 bits per heavy atom. The summed E-state index contributed by atoms with van der Waals surface area (Å²) in [6.45, 7) is 0. The molecule has 10 nitrogen and oxygen atoms in total. The molecule has 0 radical (unpaired) electrons. The number of halogens is 3. The van der Waals surface area contributed by atoms with Gasteiger partial charge < -0.3 is 15.5 Å². The van der Waals surface area contributed by atoms with E-state index in [1.807, 2.05) is 0 Å². The Bertz CT molecular complexity index is 1940. The van der Waals surface area contributed by atoms with Crippen molar-refractivity contribution in [2.45, 2.75) is 6.18 Å². The van der Waals surface area contributed by atoms with Gasteiger partial charge in [0.15, 0.2) is 0 Å². The van der Waals surface area contributed by atoms with E-state index in [0.717, 1.165) is 18.3 Å². The van der Waals surface area contributed by atoms with Crippen LogP contribution < -0.4 is 16.8 Å². The molecule has 0 saturated carbocycles. The van der Waals surface area contributed by atoms with Crippen molar-refractivity contribution in [1.82, 2.24) is 23.8 Å². The average molecular weight is 531 g/mol. The minimum absolute atomic E-state index is 0.192. The normalized spacial score (nSPS) is 11.8. The zero-order valence-corrected chi connectivity index (χ0v) is 19.7. The van der Waals surface area contributed by atoms with E-state index in [2.05, 4.69) is 15.3 Å². The van der Waals surface area contributed by atoms with Crippen molar-refractivity contribution in [2.24, 2.45) is 0 Å². The first kappa shape index (κ1) is 23.9. The Labute approximate surface area is 216 Å². The van der Waals surface area contributed by atoms with Crippen LogP contribution in [0.4, 0.5) is 24.8 Å². The zero-order valence-electron chi connectivity index (χ0n) is 19.7. The van der Waals surface area contributed by atoms with Gasteiger partial charge in [-0.2, -0.15) is 13.2 Å². The van der Waals surface area contributed by atoms with E-state index in [9.17, 15) is 22.8 Å².